The van der Waals surface area contributed by atoms with Gasteiger partial charge in [0.25, 0.3) is 5.91 Å². The van der Waals surface area contributed by atoms with Crippen LogP contribution < -0.4 is 10.6 Å². The van der Waals surface area contributed by atoms with Gasteiger partial charge < -0.3 is 15.5 Å². The Bertz CT molecular complexity index is 792. The number of hydrogen-bond donors (Lipinski definition) is 2. The molecule has 7 heteroatoms. The molecule has 2 N–H and O–H groups in total. The van der Waals surface area contributed by atoms with Gasteiger partial charge in [-0.1, -0.05) is 30.3 Å². The number of halogens is 2. The van der Waals surface area contributed by atoms with E-state index < -0.39 is 0 Å². The van der Waals surface area contributed by atoms with Gasteiger partial charge in [-0.15, -0.1) is 24.0 Å². The molecule has 0 heterocycles. The van der Waals surface area contributed by atoms with Gasteiger partial charge >= 0.3 is 0 Å². The van der Waals surface area contributed by atoms with E-state index in [1.54, 1.807) is 24.1 Å². The van der Waals surface area contributed by atoms with E-state index in [0.717, 1.165) is 5.56 Å². The van der Waals surface area contributed by atoms with Gasteiger partial charge in [-0.25, -0.2) is 4.39 Å². The van der Waals surface area contributed by atoms with E-state index in [1.165, 1.54) is 6.07 Å². The summed E-state index contributed by atoms with van der Waals surface area (Å²) in [6.07, 6.45) is 0.579. The number of amides is 1. The summed E-state index contributed by atoms with van der Waals surface area (Å²) in [6, 6.07) is 14.4. The largest absolute Gasteiger partial charge is 0.356 e. The third-order valence-corrected chi connectivity index (χ3v) is 4.58. The molecule has 1 amide bonds. The van der Waals surface area contributed by atoms with Gasteiger partial charge in [-0.2, -0.15) is 0 Å². The van der Waals surface area contributed by atoms with Crippen LogP contribution in [-0.2, 0) is 13.0 Å². The average Bonchev–Trinajstić information content (AvgIpc) is 2.73. The lowest BCUT2D eigenvalue weighted by Gasteiger charge is -2.18. The Hall–Kier alpha value is -2.16. The first kappa shape index (κ1) is 24.9. The lowest BCUT2D eigenvalue weighted by molar-refractivity contribution is 0.0773. The molecule has 2 rings (SSSR count). The number of nitrogens with zero attached hydrogens (tertiary/aromatic N) is 2. The molecule has 0 radical (unpaired) electrons. The number of benzene rings is 2. The van der Waals surface area contributed by atoms with E-state index >= 15 is 0 Å². The van der Waals surface area contributed by atoms with Crippen molar-refractivity contribution in [1.82, 2.24) is 15.5 Å². The van der Waals surface area contributed by atoms with Crippen LogP contribution in [0.1, 0.15) is 35.3 Å². The molecule has 0 aromatic heterocycles. The predicted molar refractivity (Wildman–Crippen MR) is 127 cm³/mol. The van der Waals surface area contributed by atoms with E-state index in [1.807, 2.05) is 44.2 Å². The summed E-state index contributed by atoms with van der Waals surface area (Å²) in [6.45, 7) is 6.52. The molecule has 0 fully saturated rings. The van der Waals surface area contributed by atoms with E-state index in [-0.39, 0.29) is 35.7 Å². The number of carbonyl (C=O) groups is 1. The lowest BCUT2D eigenvalue weighted by Crippen LogP contribution is -2.37. The standard InChI is InChI=1S/C22H29FN4O.HI/c1-4-27(5-2)21(28)19-12-10-17(11-13-19)16-26-22(24-3)25-15-14-18-8-6-7-9-20(18)23;/h6-13H,4-5,14-16H2,1-3H3,(H2,24,25,26);1H. The van der Waals surface area contributed by atoms with Gasteiger partial charge in [-0.05, 0) is 49.6 Å². The second kappa shape index (κ2) is 13.1. The highest BCUT2D eigenvalue weighted by Crippen LogP contribution is 2.08. The van der Waals surface area contributed by atoms with Crippen LogP contribution >= 0.6 is 24.0 Å². The zero-order chi connectivity index (χ0) is 20.4. The maximum absolute atomic E-state index is 13.6. The Balaban J connectivity index is 0.00000420. The molecule has 0 atom stereocenters. The van der Waals surface area contributed by atoms with Gasteiger partial charge in [-0.3, -0.25) is 9.79 Å². The number of nitrogens with one attached hydrogen (secondary N) is 2. The van der Waals surface area contributed by atoms with Gasteiger partial charge in [0.05, 0.1) is 0 Å². The lowest BCUT2D eigenvalue weighted by atomic mass is 10.1. The molecule has 2 aromatic rings. The summed E-state index contributed by atoms with van der Waals surface area (Å²) in [7, 11) is 1.70. The first-order valence-electron chi connectivity index (χ1n) is 9.65. The summed E-state index contributed by atoms with van der Waals surface area (Å²) in [5, 5.41) is 6.42. The third kappa shape index (κ3) is 7.64. The van der Waals surface area contributed by atoms with E-state index in [4.69, 9.17) is 0 Å². The maximum atomic E-state index is 13.6. The van der Waals surface area contributed by atoms with Gasteiger partial charge in [0.15, 0.2) is 5.96 Å². The van der Waals surface area contributed by atoms with Crippen molar-refractivity contribution in [2.75, 3.05) is 26.7 Å². The van der Waals surface area contributed by atoms with Crippen molar-refractivity contribution in [2.24, 2.45) is 4.99 Å². The van der Waals surface area contributed by atoms with Crippen LogP contribution in [0.15, 0.2) is 53.5 Å². The van der Waals surface area contributed by atoms with Crippen LogP contribution in [0.25, 0.3) is 0 Å². The van der Waals surface area contributed by atoms with Crippen molar-refractivity contribution in [3.8, 4) is 0 Å². The molecular weight excluding hydrogens is 482 g/mol. The summed E-state index contributed by atoms with van der Waals surface area (Å²) >= 11 is 0. The Morgan fingerprint density at radius 2 is 1.69 bits per heavy atom. The number of rotatable bonds is 8. The Labute approximate surface area is 189 Å². The molecule has 5 nitrogen and oxygen atoms in total. The number of aliphatic imine (C=N–C) groups is 1. The molecule has 0 aliphatic rings. The minimum absolute atomic E-state index is 0. The SMILES string of the molecule is CCN(CC)C(=O)c1ccc(CNC(=NC)NCCc2ccccc2F)cc1.I. The van der Waals surface area contributed by atoms with E-state index in [9.17, 15) is 9.18 Å². The maximum Gasteiger partial charge on any atom is 0.253 e. The molecule has 0 aliphatic carbocycles. The van der Waals surface area contributed by atoms with Crippen molar-refractivity contribution < 1.29 is 9.18 Å². The minimum atomic E-state index is -0.188. The molecule has 0 spiro atoms. The summed E-state index contributed by atoms with van der Waals surface area (Å²) in [5.41, 5.74) is 2.42. The molecule has 0 unspecified atom stereocenters. The van der Waals surface area contributed by atoms with E-state index in [2.05, 4.69) is 15.6 Å². The minimum Gasteiger partial charge on any atom is -0.356 e. The number of hydrogen-bond acceptors (Lipinski definition) is 2. The zero-order valence-electron chi connectivity index (χ0n) is 17.2. The highest BCUT2D eigenvalue weighted by atomic mass is 127. The van der Waals surface area contributed by atoms with Gasteiger partial charge in [0, 0.05) is 38.8 Å². The van der Waals surface area contributed by atoms with Crippen LogP contribution in [0.4, 0.5) is 4.39 Å². The van der Waals surface area contributed by atoms with Crippen LogP contribution in [0.5, 0.6) is 0 Å². The third-order valence-electron chi connectivity index (χ3n) is 4.58. The highest BCUT2D eigenvalue weighted by Gasteiger charge is 2.11. The molecule has 2 aromatic carbocycles. The van der Waals surface area contributed by atoms with Crippen LogP contribution in [-0.4, -0.2) is 43.4 Å². The highest BCUT2D eigenvalue weighted by molar-refractivity contribution is 14.0. The fourth-order valence-corrected chi connectivity index (χ4v) is 2.88. The number of carbonyl (C=O) groups excluding carboxylic acids is 1. The smallest absolute Gasteiger partial charge is 0.253 e. The average molecular weight is 512 g/mol. The summed E-state index contributed by atoms with van der Waals surface area (Å²) < 4.78 is 13.6. The summed E-state index contributed by atoms with van der Waals surface area (Å²) in [4.78, 5) is 18.3. The van der Waals surface area contributed by atoms with Crippen LogP contribution in [0.3, 0.4) is 0 Å². The molecular formula is C22H30FIN4O. The topological polar surface area (TPSA) is 56.7 Å². The van der Waals surface area contributed by atoms with Crippen molar-refractivity contribution >= 4 is 35.8 Å². The van der Waals surface area contributed by atoms with Gasteiger partial charge in [0.1, 0.15) is 5.82 Å². The Morgan fingerprint density at radius 3 is 2.28 bits per heavy atom. The monoisotopic (exact) mass is 512 g/mol. The van der Waals surface area contributed by atoms with Crippen molar-refractivity contribution in [3.05, 3.63) is 71.0 Å². The second-order valence-electron chi connectivity index (χ2n) is 6.37. The fraction of sp³-hybridized carbons (Fsp3) is 0.364. The van der Waals surface area contributed by atoms with E-state index in [0.29, 0.717) is 49.7 Å². The number of guanidine groups is 1. The summed E-state index contributed by atoms with van der Waals surface area (Å²) in [5.74, 6) is 0.515. The molecule has 0 aliphatic heterocycles. The van der Waals surface area contributed by atoms with Crippen LogP contribution in [0, 0.1) is 5.82 Å². The van der Waals surface area contributed by atoms with Crippen molar-refractivity contribution in [1.29, 1.82) is 0 Å². The first-order valence-corrected chi connectivity index (χ1v) is 9.65. The molecule has 0 bridgehead atoms. The Kier molecular flexibility index (Phi) is 11.3. The van der Waals surface area contributed by atoms with Crippen molar-refractivity contribution in [3.63, 3.8) is 0 Å². The molecule has 158 valence electrons. The zero-order valence-corrected chi connectivity index (χ0v) is 19.6. The van der Waals surface area contributed by atoms with Crippen LogP contribution in [0.2, 0.25) is 0 Å². The van der Waals surface area contributed by atoms with Gasteiger partial charge in [0.2, 0.25) is 0 Å². The molecule has 29 heavy (non-hydrogen) atoms. The quantitative estimate of drug-likeness (QED) is 0.321. The van der Waals surface area contributed by atoms with Crippen molar-refractivity contribution in [2.45, 2.75) is 26.8 Å². The molecule has 0 saturated carbocycles. The normalized spacial score (nSPS) is 10.8. The second-order valence-corrected chi connectivity index (χ2v) is 6.37. The fourth-order valence-electron chi connectivity index (χ4n) is 2.88. The Morgan fingerprint density at radius 1 is 1.03 bits per heavy atom. The molecule has 0 saturated heterocycles. The first-order chi connectivity index (χ1) is 13.6. The predicted octanol–water partition coefficient (Wildman–Crippen LogP) is 3.83.